The molecule has 0 saturated heterocycles. The van der Waals surface area contributed by atoms with Crippen LogP contribution in [0.1, 0.15) is 22.3 Å². The van der Waals surface area contributed by atoms with E-state index in [0.717, 1.165) is 16.7 Å². The zero-order valence-electron chi connectivity index (χ0n) is 17.3. The SMILES string of the molecule is O=C(O)COc1ccc(Cl)cc1C1(C(=O)NCCc2ccccc2)NCc2ccccc21. The number of carboxylic acids is 1. The van der Waals surface area contributed by atoms with Gasteiger partial charge in [0.1, 0.15) is 5.75 Å². The number of rotatable bonds is 8. The van der Waals surface area contributed by atoms with Crippen LogP contribution in [0, 0.1) is 0 Å². The minimum absolute atomic E-state index is 0.249. The predicted octanol–water partition coefficient (Wildman–Crippen LogP) is 3.51. The highest BCUT2D eigenvalue weighted by Gasteiger charge is 2.48. The van der Waals surface area contributed by atoms with E-state index in [1.807, 2.05) is 54.6 Å². The molecular formula is C25H23ClN2O4. The summed E-state index contributed by atoms with van der Waals surface area (Å²) in [6.07, 6.45) is 0.683. The van der Waals surface area contributed by atoms with Crippen LogP contribution >= 0.6 is 11.6 Å². The Morgan fingerprint density at radius 1 is 1.03 bits per heavy atom. The smallest absolute Gasteiger partial charge is 0.341 e. The van der Waals surface area contributed by atoms with Gasteiger partial charge in [-0.15, -0.1) is 0 Å². The van der Waals surface area contributed by atoms with E-state index in [0.29, 0.717) is 35.8 Å². The maximum Gasteiger partial charge on any atom is 0.341 e. The number of hydrogen-bond donors (Lipinski definition) is 3. The number of benzene rings is 3. The number of ether oxygens (including phenoxy) is 1. The summed E-state index contributed by atoms with van der Waals surface area (Å²) < 4.78 is 5.55. The van der Waals surface area contributed by atoms with Gasteiger partial charge >= 0.3 is 5.97 Å². The molecular weight excluding hydrogens is 428 g/mol. The molecule has 3 N–H and O–H groups in total. The number of fused-ring (bicyclic) bond motifs is 1. The molecule has 0 aromatic heterocycles. The number of amides is 1. The lowest BCUT2D eigenvalue weighted by Crippen LogP contribution is -2.52. The zero-order chi connectivity index (χ0) is 22.6. The number of nitrogens with one attached hydrogen (secondary N) is 2. The lowest BCUT2D eigenvalue weighted by molar-refractivity contribution is -0.139. The highest BCUT2D eigenvalue weighted by Crippen LogP contribution is 2.42. The Labute approximate surface area is 191 Å². The normalized spacial score (nSPS) is 16.9. The molecule has 0 bridgehead atoms. The van der Waals surface area contributed by atoms with Crippen molar-refractivity contribution in [3.8, 4) is 5.75 Å². The highest BCUT2D eigenvalue weighted by atomic mass is 35.5. The molecule has 32 heavy (non-hydrogen) atoms. The summed E-state index contributed by atoms with van der Waals surface area (Å²) in [7, 11) is 0. The standard InChI is InChI=1S/C25H23ClN2O4/c26-19-10-11-22(32-16-23(29)30)21(14-19)25(20-9-5-4-8-18(20)15-28-25)24(31)27-13-12-17-6-2-1-3-7-17/h1-11,14,28H,12-13,15-16H2,(H,27,31)(H,29,30). The lowest BCUT2D eigenvalue weighted by atomic mass is 9.82. The zero-order valence-corrected chi connectivity index (χ0v) is 18.1. The van der Waals surface area contributed by atoms with Crippen LogP contribution in [0.4, 0.5) is 0 Å². The maximum atomic E-state index is 13.7. The number of carbonyl (C=O) groups is 2. The summed E-state index contributed by atoms with van der Waals surface area (Å²) in [4.78, 5) is 24.8. The van der Waals surface area contributed by atoms with Crippen LogP contribution in [0.3, 0.4) is 0 Å². The van der Waals surface area contributed by atoms with E-state index in [9.17, 15) is 9.59 Å². The Hall–Kier alpha value is -3.35. The molecule has 0 radical (unpaired) electrons. The third-order valence-corrected chi connectivity index (χ3v) is 5.78. The van der Waals surface area contributed by atoms with Crippen molar-refractivity contribution in [1.29, 1.82) is 0 Å². The molecule has 1 aliphatic heterocycles. The largest absolute Gasteiger partial charge is 0.482 e. The monoisotopic (exact) mass is 450 g/mol. The Balaban J connectivity index is 1.71. The van der Waals surface area contributed by atoms with Crippen LogP contribution in [0.25, 0.3) is 0 Å². The minimum atomic E-state index is -1.26. The van der Waals surface area contributed by atoms with Crippen LogP contribution < -0.4 is 15.4 Å². The second-order valence-corrected chi connectivity index (χ2v) is 8.01. The van der Waals surface area contributed by atoms with Crippen molar-refractivity contribution in [3.63, 3.8) is 0 Å². The Morgan fingerprint density at radius 2 is 1.78 bits per heavy atom. The van der Waals surface area contributed by atoms with Crippen LogP contribution in [0.5, 0.6) is 5.75 Å². The summed E-state index contributed by atoms with van der Waals surface area (Å²) in [5, 5.41) is 15.9. The average Bonchev–Trinajstić information content (AvgIpc) is 3.19. The van der Waals surface area contributed by atoms with Gasteiger partial charge < -0.3 is 15.2 Å². The lowest BCUT2D eigenvalue weighted by Gasteiger charge is -2.32. The summed E-state index contributed by atoms with van der Waals surface area (Å²) in [5.74, 6) is -1.06. The van der Waals surface area contributed by atoms with Crippen molar-refractivity contribution in [3.05, 3.63) is 100 Å². The number of carbonyl (C=O) groups excluding carboxylic acids is 1. The fourth-order valence-electron chi connectivity index (χ4n) is 4.09. The molecule has 1 heterocycles. The fraction of sp³-hybridized carbons (Fsp3) is 0.200. The highest BCUT2D eigenvalue weighted by molar-refractivity contribution is 6.30. The van der Waals surface area contributed by atoms with Crippen LogP contribution in [0.15, 0.2) is 72.8 Å². The van der Waals surface area contributed by atoms with Crippen molar-refractivity contribution in [2.75, 3.05) is 13.2 Å². The van der Waals surface area contributed by atoms with Crippen molar-refractivity contribution in [1.82, 2.24) is 10.6 Å². The maximum absolute atomic E-state index is 13.7. The Morgan fingerprint density at radius 3 is 2.56 bits per heavy atom. The van der Waals surface area contributed by atoms with E-state index >= 15 is 0 Å². The van der Waals surface area contributed by atoms with Gasteiger partial charge in [-0.25, -0.2) is 4.79 Å². The first-order valence-corrected chi connectivity index (χ1v) is 10.7. The second-order valence-electron chi connectivity index (χ2n) is 7.58. The molecule has 1 atom stereocenters. The van der Waals surface area contributed by atoms with Gasteiger partial charge in [-0.3, -0.25) is 10.1 Å². The summed E-state index contributed by atoms with van der Waals surface area (Å²) >= 11 is 6.30. The van der Waals surface area contributed by atoms with Crippen LogP contribution in [0.2, 0.25) is 5.02 Å². The average molecular weight is 451 g/mol. The molecule has 1 amide bonds. The molecule has 0 saturated carbocycles. The Kier molecular flexibility index (Phi) is 6.44. The molecule has 1 unspecified atom stereocenters. The molecule has 7 heteroatoms. The van der Waals surface area contributed by atoms with E-state index in [1.165, 1.54) is 0 Å². The van der Waals surface area contributed by atoms with Gasteiger partial charge in [0.2, 0.25) is 5.91 Å². The number of hydrogen-bond acceptors (Lipinski definition) is 4. The second kappa shape index (κ2) is 9.42. The van der Waals surface area contributed by atoms with Crippen molar-refractivity contribution >= 4 is 23.5 Å². The molecule has 3 aromatic carbocycles. The van der Waals surface area contributed by atoms with Crippen molar-refractivity contribution in [2.24, 2.45) is 0 Å². The number of carboxylic acid groups (broad SMARTS) is 1. The number of halogens is 1. The molecule has 6 nitrogen and oxygen atoms in total. The topological polar surface area (TPSA) is 87.7 Å². The van der Waals surface area contributed by atoms with Gasteiger partial charge in [0.05, 0.1) is 0 Å². The van der Waals surface area contributed by atoms with Gasteiger partial charge in [-0.2, -0.15) is 0 Å². The van der Waals surface area contributed by atoms with E-state index in [-0.39, 0.29) is 5.91 Å². The van der Waals surface area contributed by atoms with Crippen LogP contribution in [-0.4, -0.2) is 30.1 Å². The quantitative estimate of drug-likeness (QED) is 0.489. The van der Waals surface area contributed by atoms with E-state index < -0.39 is 18.1 Å². The number of aliphatic carboxylic acids is 1. The molecule has 0 aliphatic carbocycles. The third-order valence-electron chi connectivity index (χ3n) is 5.54. The fourth-order valence-corrected chi connectivity index (χ4v) is 4.26. The van der Waals surface area contributed by atoms with Gasteiger partial charge in [0.25, 0.3) is 0 Å². The first kappa shape index (κ1) is 21.9. The van der Waals surface area contributed by atoms with E-state index in [4.69, 9.17) is 21.4 Å². The van der Waals surface area contributed by atoms with Crippen molar-refractivity contribution < 1.29 is 19.4 Å². The molecule has 0 spiro atoms. The molecule has 164 valence electrons. The first-order chi connectivity index (χ1) is 15.5. The van der Waals surface area contributed by atoms with Gasteiger partial charge in [0, 0.05) is 23.7 Å². The van der Waals surface area contributed by atoms with Gasteiger partial charge in [-0.05, 0) is 41.3 Å². The Bertz CT molecular complexity index is 1140. The third kappa shape index (κ3) is 4.33. The predicted molar refractivity (Wildman–Crippen MR) is 122 cm³/mol. The van der Waals surface area contributed by atoms with E-state index in [2.05, 4.69) is 10.6 Å². The summed E-state index contributed by atoms with van der Waals surface area (Å²) in [6.45, 7) is 0.398. The molecule has 4 rings (SSSR count). The van der Waals surface area contributed by atoms with E-state index in [1.54, 1.807) is 18.2 Å². The van der Waals surface area contributed by atoms with Gasteiger partial charge in [-0.1, -0.05) is 66.2 Å². The van der Waals surface area contributed by atoms with Crippen LogP contribution in [-0.2, 0) is 28.1 Å². The first-order valence-electron chi connectivity index (χ1n) is 10.3. The molecule has 1 aliphatic rings. The minimum Gasteiger partial charge on any atom is -0.482 e. The molecule has 0 fully saturated rings. The molecule has 3 aromatic rings. The van der Waals surface area contributed by atoms with Crippen molar-refractivity contribution in [2.45, 2.75) is 18.5 Å². The summed E-state index contributed by atoms with van der Waals surface area (Å²) in [6, 6.07) is 22.4. The van der Waals surface area contributed by atoms with Gasteiger partial charge in [0.15, 0.2) is 12.1 Å². The summed E-state index contributed by atoms with van der Waals surface area (Å²) in [5.41, 5.74) is 2.12.